The van der Waals surface area contributed by atoms with E-state index in [0.717, 1.165) is 44.2 Å². The lowest BCUT2D eigenvalue weighted by Gasteiger charge is -2.17. The monoisotopic (exact) mass is 760 g/mol. The summed E-state index contributed by atoms with van der Waals surface area (Å²) in [6.45, 7) is 4.07. The zero-order valence-corrected chi connectivity index (χ0v) is 30.3. The first-order chi connectivity index (χ1) is 23.1. The van der Waals surface area contributed by atoms with Gasteiger partial charge >= 0.3 is 0 Å². The summed E-state index contributed by atoms with van der Waals surface area (Å²) >= 11 is 7.23. The number of alkyl halides is 2. The molecule has 0 saturated carbocycles. The molecule has 4 nitrogen and oxygen atoms in total. The molecule has 0 bridgehead atoms. The minimum Gasteiger partial charge on any atom is -0.497 e. The van der Waals surface area contributed by atoms with E-state index in [-0.39, 0.29) is 21.2 Å². The second kappa shape index (κ2) is 15.9. The number of rotatable bonds is 7. The van der Waals surface area contributed by atoms with Gasteiger partial charge in [-0.25, -0.2) is 0 Å². The topological polar surface area (TPSA) is 52.6 Å². The van der Waals surface area contributed by atoms with Gasteiger partial charge in [-0.1, -0.05) is 116 Å². The van der Waals surface area contributed by atoms with Crippen LogP contribution >= 0.6 is 31.9 Å². The van der Waals surface area contributed by atoms with Crippen LogP contribution in [-0.4, -0.2) is 30.6 Å². The number of ether oxygens (including phenoxy) is 2. The maximum Gasteiger partial charge on any atom is 0.236 e. The Hall–Kier alpha value is -4.70. The lowest BCUT2D eigenvalue weighted by Crippen LogP contribution is -2.19. The van der Waals surface area contributed by atoms with Crippen molar-refractivity contribution < 1.29 is 19.1 Å². The van der Waals surface area contributed by atoms with E-state index in [9.17, 15) is 9.59 Å². The normalized spacial score (nSPS) is 11.8. The standard InChI is InChI=1S/C21H18Br2O2.C21H16O2/c1-13-3-5-14(6-4-13)19(22)20(23)21(24)17-8-7-16-12-18(25-2)10-9-15(16)11-17;1-15-3-5-16(6-4-15)7-12-21(22)19-9-8-18-14-20(23-2)11-10-17(18)13-19/h3-12,19-20H,1-2H3;3-6,8-11,13-14H,1-2H3. The number of carbonyl (C=O) groups excluding carboxylic acids is 2. The van der Waals surface area contributed by atoms with Gasteiger partial charge in [0.25, 0.3) is 0 Å². The summed E-state index contributed by atoms with van der Waals surface area (Å²) in [5, 5.41) is 4.10. The van der Waals surface area contributed by atoms with E-state index in [2.05, 4.69) is 55.8 Å². The highest BCUT2D eigenvalue weighted by atomic mass is 79.9. The molecule has 6 rings (SSSR count). The van der Waals surface area contributed by atoms with Crippen molar-refractivity contribution in [3.8, 4) is 23.3 Å². The van der Waals surface area contributed by atoms with Crippen LogP contribution in [0.1, 0.15) is 47.8 Å². The number of aryl methyl sites for hydroxylation is 2. The first-order valence-corrected chi connectivity index (χ1v) is 17.2. The van der Waals surface area contributed by atoms with Gasteiger partial charge in [0.2, 0.25) is 5.78 Å². The van der Waals surface area contributed by atoms with Crippen LogP contribution in [0.15, 0.2) is 121 Å². The van der Waals surface area contributed by atoms with Crippen LogP contribution in [-0.2, 0) is 0 Å². The molecule has 0 N–H and O–H groups in total. The molecule has 0 spiro atoms. The largest absolute Gasteiger partial charge is 0.497 e. The number of hydrogen-bond donors (Lipinski definition) is 0. The van der Waals surface area contributed by atoms with Gasteiger partial charge in [0, 0.05) is 16.7 Å². The Balaban J connectivity index is 0.000000188. The Bertz CT molecular complexity index is 2140. The van der Waals surface area contributed by atoms with E-state index in [1.807, 2.05) is 117 Å². The summed E-state index contributed by atoms with van der Waals surface area (Å²) in [5.41, 5.74) is 5.58. The molecule has 6 aromatic rings. The lowest BCUT2D eigenvalue weighted by atomic mass is 9.99. The zero-order chi connectivity index (χ0) is 34.2. The molecule has 0 heterocycles. The molecule has 0 saturated heterocycles. The number of ketones is 2. The molecule has 6 heteroatoms. The summed E-state index contributed by atoms with van der Waals surface area (Å²) < 4.78 is 10.5. The van der Waals surface area contributed by atoms with Gasteiger partial charge in [-0.15, -0.1) is 0 Å². The second-order valence-electron chi connectivity index (χ2n) is 11.4. The number of hydrogen-bond acceptors (Lipinski definition) is 4. The molecule has 6 aromatic carbocycles. The number of benzene rings is 6. The van der Waals surface area contributed by atoms with Gasteiger partial charge in [-0.2, -0.15) is 0 Å². The fourth-order valence-electron chi connectivity index (χ4n) is 5.05. The average Bonchev–Trinajstić information content (AvgIpc) is 3.13. The third kappa shape index (κ3) is 8.60. The molecule has 2 unspecified atom stereocenters. The summed E-state index contributed by atoms with van der Waals surface area (Å²) in [4.78, 5) is 24.7. The highest BCUT2D eigenvalue weighted by Gasteiger charge is 2.26. The summed E-state index contributed by atoms with van der Waals surface area (Å²) in [7, 11) is 3.29. The predicted octanol–water partition coefficient (Wildman–Crippen LogP) is 10.6. The maximum absolute atomic E-state index is 12.9. The minimum atomic E-state index is -0.342. The molecule has 0 aliphatic carbocycles. The van der Waals surface area contributed by atoms with E-state index in [1.165, 1.54) is 11.1 Å². The van der Waals surface area contributed by atoms with Crippen molar-refractivity contribution in [1.29, 1.82) is 0 Å². The van der Waals surface area contributed by atoms with Crippen LogP contribution in [0.3, 0.4) is 0 Å². The van der Waals surface area contributed by atoms with Crippen LogP contribution in [0.4, 0.5) is 0 Å². The molecular formula is C42H34Br2O4. The van der Waals surface area contributed by atoms with E-state index >= 15 is 0 Å². The van der Waals surface area contributed by atoms with Crippen molar-refractivity contribution in [2.24, 2.45) is 0 Å². The fraction of sp³-hybridized carbons (Fsp3) is 0.143. The Morgan fingerprint density at radius 1 is 0.583 bits per heavy atom. The first-order valence-electron chi connectivity index (χ1n) is 15.3. The van der Waals surface area contributed by atoms with Crippen LogP contribution in [0.2, 0.25) is 0 Å². The fourth-order valence-corrected chi connectivity index (χ4v) is 6.16. The van der Waals surface area contributed by atoms with E-state index in [0.29, 0.717) is 11.1 Å². The molecule has 240 valence electrons. The molecule has 0 amide bonds. The molecule has 2 atom stereocenters. The summed E-state index contributed by atoms with van der Waals surface area (Å²) in [5.74, 6) is 7.12. The maximum atomic E-state index is 12.9. The molecule has 0 fully saturated rings. The van der Waals surface area contributed by atoms with Crippen LogP contribution in [0.5, 0.6) is 11.5 Å². The summed E-state index contributed by atoms with van der Waals surface area (Å²) in [6.07, 6.45) is 0. The number of Topliss-reactive ketones (excluding diaryl/α,β-unsaturated/α-hetero) is 2. The molecule has 0 aromatic heterocycles. The first kappa shape index (κ1) is 34.6. The minimum absolute atomic E-state index is 0.0557. The third-order valence-electron chi connectivity index (χ3n) is 7.92. The molecular weight excluding hydrogens is 728 g/mol. The van der Waals surface area contributed by atoms with Gasteiger partial charge in [0.1, 0.15) is 11.5 Å². The molecule has 0 aliphatic rings. The average molecular weight is 763 g/mol. The number of fused-ring (bicyclic) bond motifs is 2. The number of methoxy groups -OCH3 is 2. The van der Waals surface area contributed by atoms with Crippen molar-refractivity contribution >= 4 is 65.0 Å². The third-order valence-corrected chi connectivity index (χ3v) is 10.6. The van der Waals surface area contributed by atoms with Gasteiger partial charge < -0.3 is 9.47 Å². The van der Waals surface area contributed by atoms with E-state index in [1.54, 1.807) is 20.3 Å². The molecule has 0 radical (unpaired) electrons. The predicted molar refractivity (Wildman–Crippen MR) is 203 cm³/mol. The number of halogens is 2. The Morgan fingerprint density at radius 3 is 1.58 bits per heavy atom. The van der Waals surface area contributed by atoms with E-state index < -0.39 is 0 Å². The van der Waals surface area contributed by atoms with Gasteiger partial charge in [0.05, 0.1) is 23.9 Å². The van der Waals surface area contributed by atoms with Crippen molar-refractivity contribution in [3.63, 3.8) is 0 Å². The second-order valence-corrected chi connectivity index (χ2v) is 13.4. The molecule has 48 heavy (non-hydrogen) atoms. The highest BCUT2D eigenvalue weighted by Crippen LogP contribution is 2.34. The smallest absolute Gasteiger partial charge is 0.236 e. The van der Waals surface area contributed by atoms with Crippen LogP contribution < -0.4 is 9.47 Å². The van der Waals surface area contributed by atoms with Crippen molar-refractivity contribution in [3.05, 3.63) is 155 Å². The van der Waals surface area contributed by atoms with Gasteiger partial charge in [0.15, 0.2) is 5.78 Å². The zero-order valence-electron chi connectivity index (χ0n) is 27.1. The van der Waals surface area contributed by atoms with Crippen LogP contribution in [0, 0.1) is 25.7 Å². The van der Waals surface area contributed by atoms with Crippen LogP contribution in [0.25, 0.3) is 21.5 Å². The lowest BCUT2D eigenvalue weighted by molar-refractivity contribution is 0.0990. The van der Waals surface area contributed by atoms with E-state index in [4.69, 9.17) is 9.47 Å². The highest BCUT2D eigenvalue weighted by molar-refractivity contribution is 9.12. The van der Waals surface area contributed by atoms with Crippen molar-refractivity contribution in [2.75, 3.05) is 14.2 Å². The SMILES string of the molecule is COc1ccc2cc(C(=O)C#Cc3ccc(C)cc3)ccc2c1.COc1ccc2cc(C(=O)C(Br)C(Br)c3ccc(C)cc3)ccc2c1. The number of carbonyl (C=O) groups is 2. The molecule has 0 aliphatic heterocycles. The van der Waals surface area contributed by atoms with Crippen molar-refractivity contribution in [2.45, 2.75) is 23.5 Å². The van der Waals surface area contributed by atoms with Gasteiger partial charge in [-0.3, -0.25) is 9.59 Å². The van der Waals surface area contributed by atoms with Gasteiger partial charge in [-0.05, 0) is 101 Å². The Labute approximate surface area is 298 Å². The Morgan fingerprint density at radius 2 is 1.04 bits per heavy atom. The Kier molecular flexibility index (Phi) is 11.5. The summed E-state index contributed by atoms with van der Waals surface area (Å²) in [6, 6.07) is 39.0. The van der Waals surface area contributed by atoms with Crippen molar-refractivity contribution in [1.82, 2.24) is 0 Å². The quantitative estimate of drug-likeness (QED) is 0.0923.